The first-order chi connectivity index (χ1) is 13.1. The maximum Gasteiger partial charge on any atom is 0.223 e. The summed E-state index contributed by atoms with van der Waals surface area (Å²) in [6, 6.07) is 11.6. The van der Waals surface area contributed by atoms with Crippen molar-refractivity contribution in [3.8, 4) is 0 Å². The molecule has 1 aromatic rings. The van der Waals surface area contributed by atoms with Crippen molar-refractivity contribution >= 4 is 5.91 Å². The third kappa shape index (κ3) is 5.79. The second-order valence-electron chi connectivity index (χ2n) is 8.53. The van der Waals surface area contributed by atoms with Crippen LogP contribution in [0.25, 0.3) is 0 Å². The SMILES string of the molecule is CC(C)N1CCC(C(=O)NC[C@@H](c2ccccc2)N2CCCCCC2)CC1. The number of hydrogen-bond acceptors (Lipinski definition) is 3. The fraction of sp³-hybridized carbons (Fsp3) is 0.696. The number of amides is 1. The molecule has 4 nitrogen and oxygen atoms in total. The zero-order valence-corrected chi connectivity index (χ0v) is 17.2. The summed E-state index contributed by atoms with van der Waals surface area (Å²) >= 11 is 0. The van der Waals surface area contributed by atoms with Crippen LogP contribution >= 0.6 is 0 Å². The summed E-state index contributed by atoms with van der Waals surface area (Å²) in [5.74, 6) is 0.440. The summed E-state index contributed by atoms with van der Waals surface area (Å²) in [7, 11) is 0. The molecule has 0 spiro atoms. The van der Waals surface area contributed by atoms with Gasteiger partial charge < -0.3 is 10.2 Å². The Morgan fingerprint density at radius 2 is 1.59 bits per heavy atom. The van der Waals surface area contributed by atoms with E-state index in [1.165, 1.54) is 31.2 Å². The Bertz CT molecular complexity index is 558. The monoisotopic (exact) mass is 371 g/mol. The molecule has 0 unspecified atom stereocenters. The van der Waals surface area contributed by atoms with Gasteiger partial charge in [0.1, 0.15) is 0 Å². The lowest BCUT2D eigenvalue weighted by Crippen LogP contribution is -2.45. The third-order valence-electron chi connectivity index (χ3n) is 6.37. The van der Waals surface area contributed by atoms with Crippen LogP contribution in [0.3, 0.4) is 0 Å². The van der Waals surface area contributed by atoms with Crippen molar-refractivity contribution in [3.05, 3.63) is 35.9 Å². The minimum absolute atomic E-state index is 0.181. The first-order valence-electron chi connectivity index (χ1n) is 11.0. The standard InChI is InChI=1S/C23H37N3O/c1-19(2)25-16-12-21(13-17-25)23(27)24-18-22(20-10-6-5-7-11-20)26-14-8-3-4-9-15-26/h5-7,10-11,19,21-22H,3-4,8-9,12-18H2,1-2H3,(H,24,27)/t22-/m0/s1. The van der Waals surface area contributed by atoms with Gasteiger partial charge in [-0.1, -0.05) is 43.2 Å². The normalized spacial score (nSPS) is 21.7. The fourth-order valence-electron chi connectivity index (χ4n) is 4.56. The van der Waals surface area contributed by atoms with Crippen molar-refractivity contribution in [1.29, 1.82) is 0 Å². The van der Waals surface area contributed by atoms with E-state index in [0.29, 0.717) is 12.1 Å². The van der Waals surface area contributed by atoms with Crippen molar-refractivity contribution in [1.82, 2.24) is 15.1 Å². The third-order valence-corrected chi connectivity index (χ3v) is 6.37. The molecule has 0 aromatic heterocycles. The summed E-state index contributed by atoms with van der Waals surface area (Å²) in [5.41, 5.74) is 1.33. The number of benzene rings is 1. The Balaban J connectivity index is 1.58. The highest BCUT2D eigenvalue weighted by atomic mass is 16.1. The van der Waals surface area contributed by atoms with E-state index in [1.807, 2.05) is 0 Å². The predicted molar refractivity (Wildman–Crippen MR) is 112 cm³/mol. The quantitative estimate of drug-likeness (QED) is 0.825. The van der Waals surface area contributed by atoms with E-state index in [0.717, 1.165) is 45.6 Å². The number of nitrogens with zero attached hydrogens (tertiary/aromatic N) is 2. The molecule has 2 saturated heterocycles. The van der Waals surface area contributed by atoms with E-state index in [2.05, 4.69) is 59.3 Å². The Kier molecular flexibility index (Phi) is 7.71. The molecule has 27 heavy (non-hydrogen) atoms. The van der Waals surface area contributed by atoms with Crippen LogP contribution in [-0.4, -0.2) is 54.5 Å². The van der Waals surface area contributed by atoms with Gasteiger partial charge >= 0.3 is 0 Å². The minimum Gasteiger partial charge on any atom is -0.354 e. The summed E-state index contributed by atoms with van der Waals surface area (Å²) in [4.78, 5) is 17.9. The highest BCUT2D eigenvalue weighted by Gasteiger charge is 2.27. The fourth-order valence-corrected chi connectivity index (χ4v) is 4.56. The molecule has 1 N–H and O–H groups in total. The molecule has 0 radical (unpaired) electrons. The Labute approximate surface area is 165 Å². The van der Waals surface area contributed by atoms with Gasteiger partial charge in [0.15, 0.2) is 0 Å². The zero-order valence-electron chi connectivity index (χ0n) is 17.2. The topological polar surface area (TPSA) is 35.6 Å². The highest BCUT2D eigenvalue weighted by molar-refractivity contribution is 5.78. The number of hydrogen-bond donors (Lipinski definition) is 1. The molecule has 1 atom stereocenters. The molecular weight excluding hydrogens is 334 g/mol. The lowest BCUT2D eigenvalue weighted by molar-refractivity contribution is -0.126. The summed E-state index contributed by atoms with van der Waals surface area (Å²) in [6.45, 7) is 9.59. The molecule has 150 valence electrons. The van der Waals surface area contributed by atoms with E-state index in [1.54, 1.807) is 0 Å². The van der Waals surface area contributed by atoms with Gasteiger partial charge in [-0.3, -0.25) is 9.69 Å². The van der Waals surface area contributed by atoms with Gasteiger partial charge in [0.05, 0.1) is 6.04 Å². The molecule has 0 bridgehead atoms. The summed E-state index contributed by atoms with van der Waals surface area (Å²) in [5, 5.41) is 3.31. The lowest BCUT2D eigenvalue weighted by atomic mass is 9.95. The lowest BCUT2D eigenvalue weighted by Gasteiger charge is -2.35. The first-order valence-corrected chi connectivity index (χ1v) is 11.0. The van der Waals surface area contributed by atoms with Gasteiger partial charge in [-0.15, -0.1) is 0 Å². The predicted octanol–water partition coefficient (Wildman–Crippen LogP) is 3.84. The van der Waals surface area contributed by atoms with Crippen LogP contribution in [0.15, 0.2) is 30.3 Å². The second-order valence-corrected chi connectivity index (χ2v) is 8.53. The smallest absolute Gasteiger partial charge is 0.223 e. The maximum atomic E-state index is 12.8. The van der Waals surface area contributed by atoms with Crippen molar-refractivity contribution in [2.24, 2.45) is 5.92 Å². The van der Waals surface area contributed by atoms with Crippen LogP contribution in [0.4, 0.5) is 0 Å². The van der Waals surface area contributed by atoms with Gasteiger partial charge in [-0.25, -0.2) is 0 Å². The second kappa shape index (κ2) is 10.2. The molecule has 2 aliphatic heterocycles. The number of likely N-dealkylation sites (tertiary alicyclic amines) is 2. The zero-order chi connectivity index (χ0) is 19.1. The Morgan fingerprint density at radius 1 is 0.963 bits per heavy atom. The molecule has 2 fully saturated rings. The first kappa shape index (κ1) is 20.3. The Morgan fingerprint density at radius 3 is 2.19 bits per heavy atom. The van der Waals surface area contributed by atoms with E-state index >= 15 is 0 Å². The van der Waals surface area contributed by atoms with Crippen molar-refractivity contribution in [2.45, 2.75) is 64.5 Å². The number of carbonyl (C=O) groups excluding carboxylic acids is 1. The van der Waals surface area contributed by atoms with Crippen molar-refractivity contribution in [3.63, 3.8) is 0 Å². The number of piperidine rings is 1. The van der Waals surface area contributed by atoms with Crippen LogP contribution in [0.1, 0.15) is 64.0 Å². The van der Waals surface area contributed by atoms with Gasteiger partial charge in [-0.05, 0) is 71.3 Å². The van der Waals surface area contributed by atoms with Crippen LogP contribution < -0.4 is 5.32 Å². The van der Waals surface area contributed by atoms with Crippen LogP contribution in [0.2, 0.25) is 0 Å². The molecule has 0 saturated carbocycles. The van der Waals surface area contributed by atoms with Crippen LogP contribution in [0, 0.1) is 5.92 Å². The van der Waals surface area contributed by atoms with Crippen molar-refractivity contribution in [2.75, 3.05) is 32.7 Å². The van der Waals surface area contributed by atoms with E-state index < -0.39 is 0 Å². The molecule has 0 aliphatic carbocycles. The van der Waals surface area contributed by atoms with Gasteiger partial charge in [0.2, 0.25) is 5.91 Å². The van der Waals surface area contributed by atoms with Crippen LogP contribution in [-0.2, 0) is 4.79 Å². The number of nitrogens with one attached hydrogen (secondary N) is 1. The van der Waals surface area contributed by atoms with E-state index in [-0.39, 0.29) is 11.8 Å². The summed E-state index contributed by atoms with van der Waals surface area (Å²) < 4.78 is 0. The molecule has 4 heteroatoms. The van der Waals surface area contributed by atoms with E-state index in [9.17, 15) is 4.79 Å². The largest absolute Gasteiger partial charge is 0.354 e. The molecule has 3 rings (SSSR count). The molecule has 2 aliphatic rings. The number of rotatable bonds is 6. The van der Waals surface area contributed by atoms with Crippen molar-refractivity contribution < 1.29 is 4.79 Å². The molecule has 1 amide bonds. The highest BCUT2D eigenvalue weighted by Crippen LogP contribution is 2.24. The van der Waals surface area contributed by atoms with Crippen LogP contribution in [0.5, 0.6) is 0 Å². The van der Waals surface area contributed by atoms with Gasteiger partial charge in [0.25, 0.3) is 0 Å². The maximum absolute atomic E-state index is 12.8. The average molecular weight is 372 g/mol. The van der Waals surface area contributed by atoms with E-state index in [4.69, 9.17) is 0 Å². The Hall–Kier alpha value is -1.39. The molecular formula is C23H37N3O. The molecule has 2 heterocycles. The summed E-state index contributed by atoms with van der Waals surface area (Å²) in [6.07, 6.45) is 7.18. The average Bonchev–Trinajstić information content (AvgIpc) is 2.98. The van der Waals surface area contributed by atoms with Gasteiger partial charge in [0, 0.05) is 18.5 Å². The minimum atomic E-state index is 0.181. The number of carbonyl (C=O) groups is 1. The molecule has 1 aromatic carbocycles. The van der Waals surface area contributed by atoms with Gasteiger partial charge in [-0.2, -0.15) is 0 Å².